The van der Waals surface area contributed by atoms with Crippen LogP contribution < -0.4 is 5.32 Å². The second kappa shape index (κ2) is 6.25. The molecule has 1 saturated carbocycles. The maximum atomic E-state index is 11.6. The number of carbonyl (C=O) groups is 1. The van der Waals surface area contributed by atoms with Crippen molar-refractivity contribution in [2.45, 2.75) is 51.4 Å². The van der Waals surface area contributed by atoms with E-state index >= 15 is 0 Å². The van der Waals surface area contributed by atoms with Crippen molar-refractivity contribution in [3.63, 3.8) is 0 Å². The quantitative estimate of drug-likeness (QED) is 0.905. The van der Waals surface area contributed by atoms with Gasteiger partial charge in [-0.05, 0) is 18.8 Å². The molecule has 22 heavy (non-hydrogen) atoms. The number of aromatic nitrogens is 4. The molecule has 0 spiro atoms. The lowest BCUT2D eigenvalue weighted by Crippen LogP contribution is -2.15. The minimum absolute atomic E-state index is 0.195. The number of aromatic amines is 1. The van der Waals surface area contributed by atoms with Crippen LogP contribution in [0, 0.1) is 0 Å². The summed E-state index contributed by atoms with van der Waals surface area (Å²) in [5.74, 6) is 2.31. The molecule has 2 aromatic rings. The highest BCUT2D eigenvalue weighted by atomic mass is 16.1. The Labute approximate surface area is 129 Å². The number of nitrogens with one attached hydrogen (secondary N) is 2. The van der Waals surface area contributed by atoms with Crippen molar-refractivity contribution in [1.29, 1.82) is 0 Å². The Kier molecular flexibility index (Phi) is 4.18. The number of rotatable bonds is 4. The van der Waals surface area contributed by atoms with Crippen LogP contribution in [0.5, 0.6) is 0 Å². The van der Waals surface area contributed by atoms with E-state index in [1.165, 1.54) is 0 Å². The van der Waals surface area contributed by atoms with Crippen molar-refractivity contribution in [2.75, 3.05) is 5.32 Å². The molecule has 2 aromatic heterocycles. The van der Waals surface area contributed by atoms with E-state index in [2.05, 4.69) is 39.3 Å². The molecule has 6 nitrogen and oxygen atoms in total. The van der Waals surface area contributed by atoms with Crippen LogP contribution in [0.15, 0.2) is 18.5 Å². The third-order valence-electron chi connectivity index (χ3n) is 4.03. The Morgan fingerprint density at radius 1 is 1.32 bits per heavy atom. The lowest BCUT2D eigenvalue weighted by molar-refractivity contribution is -0.120. The molecule has 0 unspecified atom stereocenters. The van der Waals surface area contributed by atoms with Gasteiger partial charge >= 0.3 is 0 Å². The van der Waals surface area contributed by atoms with Gasteiger partial charge in [-0.2, -0.15) is 5.10 Å². The van der Waals surface area contributed by atoms with Gasteiger partial charge in [-0.25, -0.2) is 4.98 Å². The molecule has 0 saturated heterocycles. The molecule has 1 fully saturated rings. The van der Waals surface area contributed by atoms with Crippen LogP contribution in [0.3, 0.4) is 0 Å². The molecule has 1 atom stereocenters. The Morgan fingerprint density at radius 3 is 2.91 bits per heavy atom. The van der Waals surface area contributed by atoms with E-state index in [4.69, 9.17) is 0 Å². The summed E-state index contributed by atoms with van der Waals surface area (Å²) >= 11 is 0. The van der Waals surface area contributed by atoms with E-state index in [-0.39, 0.29) is 5.92 Å². The monoisotopic (exact) mass is 299 g/mol. The number of hydrogen-bond donors (Lipinski definition) is 2. The summed E-state index contributed by atoms with van der Waals surface area (Å²) in [6, 6.07) is 1.98. The first-order valence-electron chi connectivity index (χ1n) is 7.78. The average Bonchev–Trinajstić information content (AvgIpc) is 2.96. The summed E-state index contributed by atoms with van der Waals surface area (Å²) in [6.45, 7) is 4.22. The second-order valence-electron chi connectivity index (χ2n) is 6.15. The van der Waals surface area contributed by atoms with Gasteiger partial charge in [0.1, 0.15) is 11.6 Å². The van der Waals surface area contributed by atoms with Crippen LogP contribution in [0.4, 0.5) is 11.6 Å². The van der Waals surface area contributed by atoms with E-state index in [9.17, 15) is 4.79 Å². The Morgan fingerprint density at radius 2 is 2.18 bits per heavy atom. The maximum Gasteiger partial charge on any atom is 0.153 e. The van der Waals surface area contributed by atoms with Crippen LogP contribution in [-0.2, 0) is 4.79 Å². The van der Waals surface area contributed by atoms with Gasteiger partial charge in [-0.15, -0.1) is 0 Å². The largest absolute Gasteiger partial charge is 0.322 e. The molecule has 116 valence electrons. The van der Waals surface area contributed by atoms with E-state index < -0.39 is 0 Å². The van der Waals surface area contributed by atoms with Crippen molar-refractivity contribution in [1.82, 2.24) is 20.2 Å². The number of carbonyl (C=O) groups excluding carboxylic acids is 1. The van der Waals surface area contributed by atoms with E-state index in [1.807, 2.05) is 6.07 Å². The lowest BCUT2D eigenvalue weighted by Gasteiger charge is -2.20. The zero-order chi connectivity index (χ0) is 15.5. The highest BCUT2D eigenvalue weighted by molar-refractivity contribution is 5.80. The van der Waals surface area contributed by atoms with Crippen LogP contribution in [-0.4, -0.2) is 25.9 Å². The van der Waals surface area contributed by atoms with Gasteiger partial charge in [0, 0.05) is 36.7 Å². The van der Waals surface area contributed by atoms with Crippen LogP contribution in [0.2, 0.25) is 0 Å². The average molecular weight is 299 g/mol. The smallest absolute Gasteiger partial charge is 0.153 e. The first-order chi connectivity index (χ1) is 10.6. The van der Waals surface area contributed by atoms with Crippen LogP contribution >= 0.6 is 0 Å². The molecule has 0 aliphatic heterocycles. The number of ketones is 1. The molecule has 3 rings (SSSR count). The summed E-state index contributed by atoms with van der Waals surface area (Å²) in [5, 5.41) is 10.4. The Balaban J connectivity index is 1.74. The fourth-order valence-corrected chi connectivity index (χ4v) is 2.74. The number of Topliss-reactive ketones (excluding diaryl/α,β-unsaturated/α-hetero) is 1. The summed E-state index contributed by atoms with van der Waals surface area (Å²) in [4.78, 5) is 20.5. The summed E-state index contributed by atoms with van der Waals surface area (Å²) < 4.78 is 0. The molecule has 0 aromatic carbocycles. The van der Waals surface area contributed by atoms with Gasteiger partial charge in [0.25, 0.3) is 0 Å². The summed E-state index contributed by atoms with van der Waals surface area (Å²) in [5.41, 5.74) is 1.96. The van der Waals surface area contributed by atoms with Crippen molar-refractivity contribution in [2.24, 2.45) is 0 Å². The lowest BCUT2D eigenvalue weighted by atomic mass is 9.86. The molecule has 6 heteroatoms. The molecule has 0 amide bonds. The number of nitrogens with zero attached hydrogens (tertiary/aromatic N) is 3. The first-order valence-corrected chi connectivity index (χ1v) is 7.78. The number of hydrogen-bond acceptors (Lipinski definition) is 5. The van der Waals surface area contributed by atoms with Gasteiger partial charge in [-0.3, -0.25) is 14.9 Å². The zero-order valence-corrected chi connectivity index (χ0v) is 13.0. The van der Waals surface area contributed by atoms with E-state index in [0.29, 0.717) is 30.4 Å². The van der Waals surface area contributed by atoms with Crippen LogP contribution in [0.25, 0.3) is 0 Å². The van der Waals surface area contributed by atoms with Crippen molar-refractivity contribution in [3.05, 3.63) is 29.8 Å². The first kappa shape index (κ1) is 14.7. The molecule has 1 aliphatic rings. The van der Waals surface area contributed by atoms with Crippen molar-refractivity contribution >= 4 is 17.4 Å². The van der Waals surface area contributed by atoms with Gasteiger partial charge in [0.15, 0.2) is 5.82 Å². The molecular weight excluding hydrogens is 278 g/mol. The molecule has 2 heterocycles. The normalized spacial score (nSPS) is 18.7. The molecule has 0 bridgehead atoms. The van der Waals surface area contributed by atoms with E-state index in [0.717, 1.165) is 30.0 Å². The third-order valence-corrected chi connectivity index (χ3v) is 4.03. The topological polar surface area (TPSA) is 83.6 Å². The third kappa shape index (κ3) is 3.32. The summed E-state index contributed by atoms with van der Waals surface area (Å²) in [6.07, 6.45) is 6.67. The fourth-order valence-electron chi connectivity index (χ4n) is 2.74. The predicted octanol–water partition coefficient (Wildman–Crippen LogP) is 3.29. The van der Waals surface area contributed by atoms with Crippen LogP contribution in [0.1, 0.15) is 62.8 Å². The summed E-state index contributed by atoms with van der Waals surface area (Å²) in [7, 11) is 0. The molecule has 1 aliphatic carbocycles. The van der Waals surface area contributed by atoms with Gasteiger partial charge in [0.2, 0.25) is 0 Å². The van der Waals surface area contributed by atoms with Gasteiger partial charge < -0.3 is 5.32 Å². The number of H-pyrrole nitrogens is 1. The Bertz CT molecular complexity index is 664. The molecular formula is C16H21N5O. The minimum Gasteiger partial charge on any atom is -0.322 e. The standard InChI is InChI=1S/C16H21N5O/c1-10(2)13-7-15(21-20-13)19-16-9-17-8-14(18-16)11-4-3-5-12(22)6-11/h7-11H,3-6H2,1-2H3,(H2,18,19,20,21)/t11-/m0/s1. The minimum atomic E-state index is 0.195. The maximum absolute atomic E-state index is 11.6. The molecule has 2 N–H and O–H groups in total. The zero-order valence-electron chi connectivity index (χ0n) is 13.0. The predicted molar refractivity (Wildman–Crippen MR) is 84.2 cm³/mol. The van der Waals surface area contributed by atoms with E-state index in [1.54, 1.807) is 12.4 Å². The van der Waals surface area contributed by atoms with Crippen molar-refractivity contribution in [3.8, 4) is 0 Å². The van der Waals surface area contributed by atoms with Gasteiger partial charge in [-0.1, -0.05) is 13.8 Å². The van der Waals surface area contributed by atoms with Crippen molar-refractivity contribution < 1.29 is 4.79 Å². The molecule has 0 radical (unpaired) electrons. The number of anilines is 2. The SMILES string of the molecule is CC(C)c1cc(Nc2cncc([C@H]3CCCC(=O)C3)n2)n[nH]1. The second-order valence-corrected chi connectivity index (χ2v) is 6.15. The highest BCUT2D eigenvalue weighted by Gasteiger charge is 2.22. The Hall–Kier alpha value is -2.24. The fraction of sp³-hybridized carbons (Fsp3) is 0.500. The van der Waals surface area contributed by atoms with Gasteiger partial charge in [0.05, 0.1) is 11.9 Å². The highest BCUT2D eigenvalue weighted by Crippen LogP contribution is 2.30.